The monoisotopic (exact) mass is 595 g/mol. The van der Waals surface area contributed by atoms with Crippen LogP contribution in [0.3, 0.4) is 0 Å². The van der Waals surface area contributed by atoms with Gasteiger partial charge in [0.2, 0.25) is 17.7 Å². The third-order valence-corrected chi connectivity index (χ3v) is 8.25. The van der Waals surface area contributed by atoms with Crippen LogP contribution < -0.4 is 16.0 Å². The van der Waals surface area contributed by atoms with Gasteiger partial charge in [-0.25, -0.2) is 0 Å². The molecule has 0 bridgehead atoms. The average Bonchev–Trinajstić information content (AvgIpc) is 3.31. The fraction of sp³-hybridized carbons (Fsp3) is 0.581. The zero-order valence-electron chi connectivity index (χ0n) is 25.6. The van der Waals surface area contributed by atoms with Crippen molar-refractivity contribution in [3.05, 3.63) is 30.3 Å². The molecule has 2 saturated heterocycles. The van der Waals surface area contributed by atoms with Gasteiger partial charge in [-0.3, -0.25) is 14.4 Å². The molecule has 3 amide bonds. The minimum absolute atomic E-state index is 0.0418. The lowest BCUT2D eigenvalue weighted by atomic mass is 9.85. The van der Waals surface area contributed by atoms with E-state index in [1.54, 1.807) is 23.1 Å². The summed E-state index contributed by atoms with van der Waals surface area (Å²) in [4.78, 5) is 44.5. The normalized spacial score (nSPS) is 19.8. The van der Waals surface area contributed by atoms with Crippen molar-refractivity contribution in [2.24, 2.45) is 5.41 Å². The summed E-state index contributed by atoms with van der Waals surface area (Å²) in [5.41, 5.74) is 7.45. The zero-order valence-corrected chi connectivity index (χ0v) is 25.6. The number of phenols is 1. The number of aliphatic hydroxyl groups excluding tert-OH is 1. The number of anilines is 2. The van der Waals surface area contributed by atoms with E-state index >= 15 is 0 Å². The fourth-order valence-corrected chi connectivity index (χ4v) is 5.74. The molecule has 0 unspecified atom stereocenters. The molecule has 0 radical (unpaired) electrons. The number of aliphatic hydroxyl groups is 1. The number of rotatable bonds is 9. The average molecular weight is 596 g/mol. The molecule has 0 aliphatic carbocycles. The Kier molecular flexibility index (Phi) is 10.1. The predicted octanol–water partition coefficient (Wildman–Crippen LogP) is 2.15. The SMILES string of the molecule is C[C@@H]1C[C@@H](O)CN1C(=O)[C@@H](NC(=O)CCCCC(=O)N1CCN(c2cc(-c3ccccc3O)nnc2N)CC1)C(C)(C)C. The Morgan fingerprint density at radius 3 is 2.37 bits per heavy atom. The summed E-state index contributed by atoms with van der Waals surface area (Å²) < 4.78 is 0. The summed E-state index contributed by atoms with van der Waals surface area (Å²) in [5.74, 6) is 0.0621. The Hall–Kier alpha value is -3.93. The van der Waals surface area contributed by atoms with Crippen molar-refractivity contribution in [1.82, 2.24) is 25.3 Å². The molecule has 2 aliphatic rings. The topological polar surface area (TPSA) is 165 Å². The standard InChI is InChI=1S/C31H45N7O5/c1-20-17-21(39)19-38(20)30(43)28(31(2,3)4)33-26(41)11-7-8-12-27(42)37-15-13-36(14-16-37)24-18-23(34-35-29(24)32)22-9-5-6-10-25(22)40/h5-6,9-10,18,20-21,28,39-40H,7-8,11-17,19H2,1-4H3,(H2,32,35)(H,33,41)/t20-,21-,28-/m1/s1. The van der Waals surface area contributed by atoms with E-state index in [-0.39, 0.29) is 42.5 Å². The van der Waals surface area contributed by atoms with Crippen LogP contribution in [0.4, 0.5) is 11.5 Å². The summed E-state index contributed by atoms with van der Waals surface area (Å²) >= 11 is 0. The van der Waals surface area contributed by atoms with Crippen molar-refractivity contribution in [3.63, 3.8) is 0 Å². The van der Waals surface area contributed by atoms with Crippen molar-refractivity contribution in [2.45, 2.75) is 78.0 Å². The number of likely N-dealkylation sites (tertiary alicyclic amines) is 1. The smallest absolute Gasteiger partial charge is 0.246 e. The van der Waals surface area contributed by atoms with Crippen LogP contribution in [0.2, 0.25) is 0 Å². The molecule has 2 aliphatic heterocycles. The molecule has 2 fully saturated rings. The zero-order chi connectivity index (χ0) is 31.3. The highest BCUT2D eigenvalue weighted by Crippen LogP contribution is 2.32. The van der Waals surface area contributed by atoms with E-state index in [4.69, 9.17) is 5.73 Å². The lowest BCUT2D eigenvalue weighted by molar-refractivity contribution is -0.140. The van der Waals surface area contributed by atoms with Crippen LogP contribution in [0.1, 0.15) is 59.8 Å². The number of hydrogen-bond acceptors (Lipinski definition) is 9. The van der Waals surface area contributed by atoms with Gasteiger partial charge in [0.15, 0.2) is 5.82 Å². The number of aromatic nitrogens is 2. The van der Waals surface area contributed by atoms with Crippen LogP contribution in [0.15, 0.2) is 30.3 Å². The number of nitrogens with two attached hydrogens (primary N) is 1. The maximum atomic E-state index is 13.2. The van der Waals surface area contributed by atoms with Crippen LogP contribution in [0.5, 0.6) is 5.75 Å². The first-order chi connectivity index (χ1) is 20.3. The molecule has 234 valence electrons. The molecule has 43 heavy (non-hydrogen) atoms. The number of amides is 3. The Morgan fingerprint density at radius 1 is 1.07 bits per heavy atom. The molecule has 2 aromatic rings. The molecular formula is C31H45N7O5. The minimum Gasteiger partial charge on any atom is -0.507 e. The number of phenolic OH excluding ortho intramolecular Hbond substituents is 1. The molecule has 1 aromatic heterocycles. The summed E-state index contributed by atoms with van der Waals surface area (Å²) in [5, 5.41) is 31.3. The number of nitrogens with one attached hydrogen (secondary N) is 1. The largest absolute Gasteiger partial charge is 0.507 e. The van der Waals surface area contributed by atoms with Crippen LogP contribution >= 0.6 is 0 Å². The number of para-hydroxylation sites is 1. The lowest BCUT2D eigenvalue weighted by Gasteiger charge is -2.36. The van der Waals surface area contributed by atoms with Gasteiger partial charge in [-0.2, -0.15) is 0 Å². The summed E-state index contributed by atoms with van der Waals surface area (Å²) in [7, 11) is 0. The first-order valence-electron chi connectivity index (χ1n) is 15.1. The number of carbonyl (C=O) groups is 3. The number of β-amino-alcohol motifs (C(OH)–C–C–N with tert-alkyl or cyclic N) is 1. The molecule has 0 spiro atoms. The highest BCUT2D eigenvalue weighted by molar-refractivity contribution is 5.88. The van der Waals surface area contributed by atoms with E-state index < -0.39 is 17.6 Å². The number of hydrogen-bond donors (Lipinski definition) is 4. The van der Waals surface area contributed by atoms with Crippen molar-refractivity contribution >= 4 is 29.2 Å². The van der Waals surface area contributed by atoms with Crippen molar-refractivity contribution < 1.29 is 24.6 Å². The number of aromatic hydroxyl groups is 1. The molecule has 0 saturated carbocycles. The summed E-state index contributed by atoms with van der Waals surface area (Å²) in [6.07, 6.45) is 1.68. The van der Waals surface area contributed by atoms with Crippen molar-refractivity contribution in [3.8, 4) is 17.0 Å². The number of nitrogens with zero attached hydrogens (tertiary/aromatic N) is 5. The fourth-order valence-electron chi connectivity index (χ4n) is 5.74. The van der Waals surface area contributed by atoms with Gasteiger partial charge in [-0.1, -0.05) is 32.9 Å². The first kappa shape index (κ1) is 32.0. The maximum absolute atomic E-state index is 13.2. The van der Waals surface area contributed by atoms with Gasteiger partial charge < -0.3 is 36.0 Å². The number of unbranched alkanes of at least 4 members (excludes halogenated alkanes) is 1. The van der Waals surface area contributed by atoms with Crippen LogP contribution in [-0.4, -0.2) is 98.8 Å². The summed E-state index contributed by atoms with van der Waals surface area (Å²) in [6.45, 7) is 10.2. The number of benzene rings is 1. The third kappa shape index (κ3) is 7.92. The van der Waals surface area contributed by atoms with E-state index in [2.05, 4.69) is 20.4 Å². The first-order valence-corrected chi connectivity index (χ1v) is 15.1. The van der Waals surface area contributed by atoms with Crippen molar-refractivity contribution in [2.75, 3.05) is 43.4 Å². The van der Waals surface area contributed by atoms with E-state index in [9.17, 15) is 24.6 Å². The van der Waals surface area contributed by atoms with Crippen LogP contribution in [0, 0.1) is 5.41 Å². The highest BCUT2D eigenvalue weighted by Gasteiger charge is 2.40. The van der Waals surface area contributed by atoms with Gasteiger partial charge in [0.25, 0.3) is 0 Å². The van der Waals surface area contributed by atoms with Gasteiger partial charge in [0.1, 0.15) is 11.8 Å². The number of nitrogen functional groups attached to an aromatic ring is 1. The second-order valence-electron chi connectivity index (χ2n) is 12.7. The molecule has 12 nitrogen and oxygen atoms in total. The number of carbonyl (C=O) groups excluding carboxylic acids is 3. The molecular weight excluding hydrogens is 550 g/mol. The molecule has 5 N–H and O–H groups in total. The van der Waals surface area contributed by atoms with Crippen molar-refractivity contribution in [1.29, 1.82) is 0 Å². The third-order valence-electron chi connectivity index (χ3n) is 8.25. The number of piperazine rings is 1. The predicted molar refractivity (Wildman–Crippen MR) is 164 cm³/mol. The van der Waals surface area contributed by atoms with Gasteiger partial charge in [-0.05, 0) is 49.8 Å². The van der Waals surface area contributed by atoms with Gasteiger partial charge in [0.05, 0.1) is 17.5 Å². The summed E-state index contributed by atoms with van der Waals surface area (Å²) in [6, 6.07) is 7.97. The van der Waals surface area contributed by atoms with Gasteiger partial charge >= 0.3 is 0 Å². The Labute approximate surface area is 253 Å². The lowest BCUT2D eigenvalue weighted by Crippen LogP contribution is -2.55. The molecule has 3 atom stereocenters. The second kappa shape index (κ2) is 13.6. The minimum atomic E-state index is -0.690. The van der Waals surface area contributed by atoms with E-state index in [0.717, 1.165) is 0 Å². The molecule has 1 aromatic carbocycles. The molecule has 3 heterocycles. The van der Waals surface area contributed by atoms with Crippen LogP contribution in [0.25, 0.3) is 11.3 Å². The highest BCUT2D eigenvalue weighted by atomic mass is 16.3. The Balaban J connectivity index is 1.22. The van der Waals surface area contributed by atoms with E-state index in [1.807, 2.05) is 44.7 Å². The van der Waals surface area contributed by atoms with Gasteiger partial charge in [0, 0.05) is 57.2 Å². The quantitative estimate of drug-likeness (QED) is 0.318. The Morgan fingerprint density at radius 2 is 1.74 bits per heavy atom. The molecule has 12 heteroatoms. The molecule has 4 rings (SSSR count). The maximum Gasteiger partial charge on any atom is 0.246 e. The van der Waals surface area contributed by atoms with E-state index in [1.165, 1.54) is 0 Å². The van der Waals surface area contributed by atoms with E-state index in [0.29, 0.717) is 74.6 Å². The Bertz CT molecular complexity index is 1310. The second-order valence-corrected chi connectivity index (χ2v) is 12.7. The van der Waals surface area contributed by atoms with Gasteiger partial charge in [-0.15, -0.1) is 10.2 Å². The van der Waals surface area contributed by atoms with Crippen LogP contribution in [-0.2, 0) is 14.4 Å².